The monoisotopic (exact) mass is 340 g/mol. The highest BCUT2D eigenvalue weighted by Crippen LogP contribution is 2.21. The quantitative estimate of drug-likeness (QED) is 0.486. The lowest BCUT2D eigenvalue weighted by Gasteiger charge is -1.93. The molecule has 96 valence electrons. The smallest absolute Gasteiger partial charge is 0.0435 e. The number of benzene rings is 2. The van der Waals surface area contributed by atoms with Gasteiger partial charge in [0.15, 0.2) is 0 Å². The Morgan fingerprint density at radius 3 is 0.944 bits per heavy atom. The molecule has 0 aliphatic rings. The van der Waals surface area contributed by atoms with Crippen LogP contribution in [0.1, 0.15) is 5.56 Å². The molecule has 0 saturated heterocycles. The molecule has 0 aliphatic carbocycles. The highest BCUT2D eigenvalue weighted by Gasteiger charge is 1.93. The van der Waals surface area contributed by atoms with E-state index in [0.29, 0.717) is 25.1 Å². The van der Waals surface area contributed by atoms with E-state index in [1.807, 2.05) is 19.1 Å². The molecule has 18 heavy (non-hydrogen) atoms. The van der Waals surface area contributed by atoms with Crippen molar-refractivity contribution in [2.75, 3.05) is 0 Å². The van der Waals surface area contributed by atoms with Crippen LogP contribution in [0.2, 0.25) is 25.1 Å². The minimum absolute atomic E-state index is 0.563. The molecule has 0 spiro atoms. The zero-order valence-electron chi connectivity index (χ0n) is 9.35. The van der Waals surface area contributed by atoms with Crippen molar-refractivity contribution in [2.45, 2.75) is 6.92 Å². The Balaban J connectivity index is 0.000000180. The van der Waals surface area contributed by atoms with Crippen LogP contribution in [-0.4, -0.2) is 0 Å². The van der Waals surface area contributed by atoms with Crippen LogP contribution in [0.25, 0.3) is 0 Å². The maximum absolute atomic E-state index is 5.67. The van der Waals surface area contributed by atoms with Crippen molar-refractivity contribution in [1.29, 1.82) is 0 Å². The van der Waals surface area contributed by atoms with Crippen molar-refractivity contribution in [2.24, 2.45) is 0 Å². The molecule has 2 aromatic rings. The van der Waals surface area contributed by atoms with Gasteiger partial charge >= 0.3 is 0 Å². The van der Waals surface area contributed by atoms with Crippen LogP contribution in [0, 0.1) is 6.92 Å². The van der Waals surface area contributed by atoms with Gasteiger partial charge in [-0.1, -0.05) is 58.0 Å². The first-order chi connectivity index (χ1) is 8.36. The zero-order chi connectivity index (χ0) is 13.7. The predicted octanol–water partition coefficient (Wildman–Crippen LogP) is 6.95. The van der Waals surface area contributed by atoms with E-state index in [2.05, 4.69) is 0 Å². The van der Waals surface area contributed by atoms with E-state index < -0.39 is 0 Å². The van der Waals surface area contributed by atoms with E-state index in [-0.39, 0.29) is 0 Å². The molecule has 0 saturated carbocycles. The second-order valence-corrected chi connectivity index (χ2v) is 5.72. The predicted molar refractivity (Wildman–Crippen MR) is 82.7 cm³/mol. The number of aryl methyl sites for hydroxylation is 1. The van der Waals surface area contributed by atoms with E-state index in [0.717, 1.165) is 5.56 Å². The molecule has 0 unspecified atom stereocenters. The van der Waals surface area contributed by atoms with Crippen LogP contribution in [-0.2, 0) is 0 Å². The molecule has 2 rings (SSSR count). The van der Waals surface area contributed by atoms with Gasteiger partial charge in [-0.2, -0.15) is 0 Å². The number of rotatable bonds is 0. The fraction of sp³-hybridized carbons (Fsp3) is 0.0769. The first-order valence-corrected chi connectivity index (χ1v) is 6.80. The van der Waals surface area contributed by atoms with E-state index in [9.17, 15) is 0 Å². The third kappa shape index (κ3) is 6.17. The van der Waals surface area contributed by atoms with Gasteiger partial charge in [-0.25, -0.2) is 0 Å². The van der Waals surface area contributed by atoms with Gasteiger partial charge in [-0.15, -0.1) is 0 Å². The maximum Gasteiger partial charge on any atom is 0.0435 e. The Morgan fingerprint density at radius 1 is 0.500 bits per heavy atom. The summed E-state index contributed by atoms with van der Waals surface area (Å²) < 4.78 is 0. The van der Waals surface area contributed by atoms with Gasteiger partial charge in [0.1, 0.15) is 0 Å². The molecule has 2 aromatic carbocycles. The van der Waals surface area contributed by atoms with E-state index >= 15 is 0 Å². The number of halogens is 5. The molecule has 0 radical (unpaired) electrons. The minimum atomic E-state index is 0.563. The highest BCUT2D eigenvalue weighted by atomic mass is 35.5. The fourth-order valence-corrected chi connectivity index (χ4v) is 2.72. The minimum Gasteiger partial charge on any atom is -0.0843 e. The normalized spacial score (nSPS) is 9.67. The Kier molecular flexibility index (Phi) is 6.62. The summed E-state index contributed by atoms with van der Waals surface area (Å²) in [6.07, 6.45) is 0. The van der Waals surface area contributed by atoms with Crippen LogP contribution in [0.3, 0.4) is 0 Å². The summed E-state index contributed by atoms with van der Waals surface area (Å²) in [4.78, 5) is 0. The molecular weight excluding hydrogens is 333 g/mol. The third-order valence-electron chi connectivity index (χ3n) is 1.83. The van der Waals surface area contributed by atoms with E-state index in [4.69, 9.17) is 58.0 Å². The standard InChI is InChI=1S/C7H6Cl2.C6H3Cl3/c1-5-2-6(8)4-7(9)3-5;7-4-1-5(8)3-6(9)2-4/h2-4H,1H3;1-3H. The highest BCUT2D eigenvalue weighted by molar-refractivity contribution is 6.38. The Hall–Kier alpha value is -0.110. The first kappa shape index (κ1) is 15.9. The van der Waals surface area contributed by atoms with Gasteiger partial charge in [-0.05, 0) is 48.9 Å². The topological polar surface area (TPSA) is 0 Å². The van der Waals surface area contributed by atoms with Crippen LogP contribution in [0.15, 0.2) is 36.4 Å². The molecule has 0 nitrogen and oxygen atoms in total. The van der Waals surface area contributed by atoms with Crippen LogP contribution >= 0.6 is 58.0 Å². The van der Waals surface area contributed by atoms with Crippen molar-refractivity contribution in [1.82, 2.24) is 0 Å². The van der Waals surface area contributed by atoms with E-state index in [1.54, 1.807) is 24.3 Å². The molecular formula is C13H9Cl5. The van der Waals surface area contributed by atoms with Crippen molar-refractivity contribution in [3.63, 3.8) is 0 Å². The van der Waals surface area contributed by atoms with Gasteiger partial charge in [-0.3, -0.25) is 0 Å². The third-order valence-corrected chi connectivity index (χ3v) is 2.93. The SMILES string of the molecule is Cc1cc(Cl)cc(Cl)c1.Clc1cc(Cl)cc(Cl)c1. The van der Waals surface area contributed by atoms with Crippen LogP contribution < -0.4 is 0 Å². The largest absolute Gasteiger partial charge is 0.0843 e. The lowest BCUT2D eigenvalue weighted by Crippen LogP contribution is -1.70. The fourth-order valence-electron chi connectivity index (χ4n) is 1.21. The van der Waals surface area contributed by atoms with Crippen LogP contribution in [0.5, 0.6) is 0 Å². The molecule has 0 heterocycles. The average molecular weight is 342 g/mol. The molecule has 0 aliphatic heterocycles. The second-order valence-electron chi connectivity index (χ2n) is 3.53. The molecule has 5 heteroatoms. The Bertz CT molecular complexity index is 386. The van der Waals surface area contributed by atoms with Crippen LogP contribution in [0.4, 0.5) is 0 Å². The first-order valence-electron chi connectivity index (χ1n) is 4.91. The van der Waals surface area contributed by atoms with Crippen molar-refractivity contribution in [3.05, 3.63) is 67.1 Å². The summed E-state index contributed by atoms with van der Waals surface area (Å²) in [7, 11) is 0. The summed E-state index contributed by atoms with van der Waals surface area (Å²) in [5, 5.41) is 3.08. The van der Waals surface area contributed by atoms with Gasteiger partial charge in [0.2, 0.25) is 0 Å². The summed E-state index contributed by atoms with van der Waals surface area (Å²) in [6, 6.07) is 10.4. The van der Waals surface area contributed by atoms with Gasteiger partial charge in [0.05, 0.1) is 0 Å². The second kappa shape index (κ2) is 7.47. The van der Waals surface area contributed by atoms with Gasteiger partial charge < -0.3 is 0 Å². The van der Waals surface area contributed by atoms with E-state index in [1.165, 1.54) is 0 Å². The van der Waals surface area contributed by atoms with Gasteiger partial charge in [0.25, 0.3) is 0 Å². The van der Waals surface area contributed by atoms with Crippen molar-refractivity contribution >= 4 is 58.0 Å². The lowest BCUT2D eigenvalue weighted by atomic mass is 10.2. The summed E-state index contributed by atoms with van der Waals surface area (Å²) in [5.74, 6) is 0. The van der Waals surface area contributed by atoms with Crippen molar-refractivity contribution in [3.8, 4) is 0 Å². The summed E-state index contributed by atoms with van der Waals surface area (Å²) in [6.45, 7) is 1.96. The Labute approximate surface area is 131 Å². The zero-order valence-corrected chi connectivity index (χ0v) is 13.1. The van der Waals surface area contributed by atoms with Crippen molar-refractivity contribution < 1.29 is 0 Å². The molecule has 0 aromatic heterocycles. The number of hydrogen-bond donors (Lipinski definition) is 0. The summed E-state index contributed by atoms with van der Waals surface area (Å²) in [5.41, 5.74) is 1.09. The molecule has 0 N–H and O–H groups in total. The Morgan fingerprint density at radius 2 is 0.722 bits per heavy atom. The average Bonchev–Trinajstić information content (AvgIpc) is 2.12. The molecule has 0 bridgehead atoms. The molecule has 0 amide bonds. The lowest BCUT2D eigenvalue weighted by molar-refractivity contribution is 1.47. The van der Waals surface area contributed by atoms with Gasteiger partial charge in [0, 0.05) is 25.1 Å². The molecule has 0 atom stereocenters. The maximum atomic E-state index is 5.67. The summed E-state index contributed by atoms with van der Waals surface area (Å²) >= 11 is 28.1. The number of hydrogen-bond acceptors (Lipinski definition) is 0. The molecule has 0 fully saturated rings.